The Bertz CT molecular complexity index is 543. The number of anilines is 1. The molecule has 1 aromatic carbocycles. The molecule has 1 N–H and O–H groups in total. The van der Waals surface area contributed by atoms with Gasteiger partial charge in [-0.15, -0.1) is 0 Å². The average Bonchev–Trinajstić information content (AvgIpc) is 2.98. The van der Waals surface area contributed by atoms with Gasteiger partial charge in [-0.05, 0) is 42.5 Å². The lowest BCUT2D eigenvalue weighted by Gasteiger charge is -2.19. The first kappa shape index (κ1) is 16.3. The summed E-state index contributed by atoms with van der Waals surface area (Å²) in [7, 11) is 1.87. The van der Waals surface area contributed by atoms with Crippen LogP contribution in [0.2, 0.25) is 0 Å². The van der Waals surface area contributed by atoms with E-state index in [4.69, 9.17) is 0 Å². The summed E-state index contributed by atoms with van der Waals surface area (Å²) in [5.74, 6) is 0.615. The molecule has 4 nitrogen and oxygen atoms in total. The number of carbonyl (C=O) groups excluding carboxylic acids is 2. The highest BCUT2D eigenvalue weighted by molar-refractivity contribution is 5.92. The number of carbonyl (C=O) groups is 2. The number of nitrogens with zero attached hydrogens (tertiary/aromatic N) is 1. The van der Waals surface area contributed by atoms with Gasteiger partial charge in [0, 0.05) is 32.3 Å². The normalized spacial score (nSPS) is 15.2. The number of benzene rings is 1. The lowest BCUT2D eigenvalue weighted by atomic mass is 10.1. The molecular weight excluding hydrogens is 276 g/mol. The zero-order valence-corrected chi connectivity index (χ0v) is 13.3. The second-order valence-corrected chi connectivity index (χ2v) is 6.01. The van der Waals surface area contributed by atoms with Crippen molar-refractivity contribution in [1.29, 1.82) is 0 Å². The Morgan fingerprint density at radius 1 is 1.23 bits per heavy atom. The summed E-state index contributed by atoms with van der Waals surface area (Å²) in [6.45, 7) is 2.33. The number of amides is 2. The van der Waals surface area contributed by atoms with Crippen molar-refractivity contribution in [2.24, 2.45) is 5.92 Å². The molecule has 0 atom stereocenters. The Balaban J connectivity index is 1.86. The minimum atomic E-state index is -0.0907. The van der Waals surface area contributed by atoms with Crippen LogP contribution in [0.1, 0.15) is 38.2 Å². The molecular formula is C18H24N2O2. The molecule has 22 heavy (non-hydrogen) atoms. The van der Waals surface area contributed by atoms with Gasteiger partial charge in [-0.25, -0.2) is 0 Å². The van der Waals surface area contributed by atoms with Gasteiger partial charge >= 0.3 is 0 Å². The number of rotatable bonds is 5. The average molecular weight is 300 g/mol. The summed E-state index contributed by atoms with van der Waals surface area (Å²) in [5.41, 5.74) is 1.70. The van der Waals surface area contributed by atoms with Gasteiger partial charge in [-0.2, -0.15) is 0 Å². The predicted octanol–water partition coefficient (Wildman–Crippen LogP) is 3.31. The third-order valence-corrected chi connectivity index (χ3v) is 4.03. The molecule has 0 unspecified atom stereocenters. The molecule has 4 heteroatoms. The maximum absolute atomic E-state index is 12.1. The maximum atomic E-state index is 12.1. The Morgan fingerprint density at radius 2 is 1.86 bits per heavy atom. The molecule has 0 aliphatic heterocycles. The Morgan fingerprint density at radius 3 is 2.45 bits per heavy atom. The van der Waals surface area contributed by atoms with E-state index in [1.165, 1.54) is 32.6 Å². The van der Waals surface area contributed by atoms with Crippen LogP contribution in [0.15, 0.2) is 30.3 Å². The summed E-state index contributed by atoms with van der Waals surface area (Å²) >= 11 is 0. The standard InChI is InChI=1S/C18H24N2O2/c1-14(21)19-17-10-7-15(8-11-17)9-12-18(22)20(2)13-16-5-3-4-6-16/h7-12,16H,3-6,13H2,1-2H3,(H,19,21). The van der Waals surface area contributed by atoms with Crippen molar-refractivity contribution in [1.82, 2.24) is 4.90 Å². The van der Waals surface area contributed by atoms with Crippen LogP contribution >= 0.6 is 0 Å². The van der Waals surface area contributed by atoms with Gasteiger partial charge in [0.05, 0.1) is 0 Å². The quantitative estimate of drug-likeness (QED) is 0.848. The third kappa shape index (κ3) is 5.02. The molecule has 0 bridgehead atoms. The van der Waals surface area contributed by atoms with Crippen LogP contribution in [0.4, 0.5) is 5.69 Å². The fourth-order valence-electron chi connectivity index (χ4n) is 2.85. The van der Waals surface area contributed by atoms with E-state index in [1.54, 1.807) is 11.0 Å². The minimum Gasteiger partial charge on any atom is -0.342 e. The monoisotopic (exact) mass is 300 g/mol. The van der Waals surface area contributed by atoms with Crippen LogP contribution in [0.25, 0.3) is 6.08 Å². The molecule has 1 saturated carbocycles. The van der Waals surface area contributed by atoms with Crippen LogP contribution in [-0.2, 0) is 9.59 Å². The van der Waals surface area contributed by atoms with Crippen molar-refractivity contribution in [3.8, 4) is 0 Å². The van der Waals surface area contributed by atoms with Gasteiger partial charge in [-0.3, -0.25) is 9.59 Å². The van der Waals surface area contributed by atoms with Crippen LogP contribution in [0.5, 0.6) is 0 Å². The van der Waals surface area contributed by atoms with E-state index in [-0.39, 0.29) is 11.8 Å². The number of hydrogen-bond donors (Lipinski definition) is 1. The summed E-state index contributed by atoms with van der Waals surface area (Å²) in [6, 6.07) is 7.42. The second kappa shape index (κ2) is 7.78. The molecule has 2 rings (SSSR count). The first-order valence-electron chi connectivity index (χ1n) is 7.85. The van der Waals surface area contributed by atoms with Crippen LogP contribution in [0.3, 0.4) is 0 Å². The Hall–Kier alpha value is -2.10. The highest BCUT2D eigenvalue weighted by Crippen LogP contribution is 2.25. The number of likely N-dealkylation sites (N-methyl/N-ethyl adjacent to an activating group) is 1. The van der Waals surface area contributed by atoms with Gasteiger partial charge < -0.3 is 10.2 Å². The first-order chi connectivity index (χ1) is 10.5. The van der Waals surface area contributed by atoms with E-state index in [0.717, 1.165) is 17.8 Å². The van der Waals surface area contributed by atoms with Gasteiger partial charge in [0.2, 0.25) is 11.8 Å². The zero-order valence-electron chi connectivity index (χ0n) is 13.3. The van der Waals surface area contributed by atoms with Crippen LogP contribution < -0.4 is 5.32 Å². The molecule has 118 valence electrons. The van der Waals surface area contributed by atoms with Crippen LogP contribution in [0, 0.1) is 5.92 Å². The fraction of sp³-hybridized carbons (Fsp3) is 0.444. The van der Waals surface area contributed by atoms with Crippen molar-refractivity contribution < 1.29 is 9.59 Å². The third-order valence-electron chi connectivity index (χ3n) is 4.03. The number of nitrogens with one attached hydrogen (secondary N) is 1. The molecule has 1 aliphatic rings. The van der Waals surface area contributed by atoms with Gasteiger partial charge in [0.1, 0.15) is 0 Å². The van der Waals surface area contributed by atoms with Crippen molar-refractivity contribution >= 4 is 23.6 Å². The Kier molecular flexibility index (Phi) is 5.75. The molecule has 0 radical (unpaired) electrons. The summed E-state index contributed by atoms with van der Waals surface area (Å²) in [5, 5.41) is 2.72. The lowest BCUT2D eigenvalue weighted by molar-refractivity contribution is -0.125. The highest BCUT2D eigenvalue weighted by atomic mass is 16.2. The molecule has 0 saturated heterocycles. The van der Waals surface area contributed by atoms with Gasteiger partial charge in [0.25, 0.3) is 0 Å². The van der Waals surface area contributed by atoms with Crippen molar-refractivity contribution in [3.63, 3.8) is 0 Å². The second-order valence-electron chi connectivity index (χ2n) is 6.01. The van der Waals surface area contributed by atoms with E-state index < -0.39 is 0 Å². The largest absolute Gasteiger partial charge is 0.342 e. The van der Waals surface area contributed by atoms with E-state index >= 15 is 0 Å². The van der Waals surface area contributed by atoms with E-state index in [9.17, 15) is 9.59 Å². The van der Waals surface area contributed by atoms with E-state index in [2.05, 4.69) is 5.32 Å². The maximum Gasteiger partial charge on any atom is 0.246 e. The van der Waals surface area contributed by atoms with E-state index in [0.29, 0.717) is 5.92 Å². The SMILES string of the molecule is CC(=O)Nc1ccc(C=CC(=O)N(C)CC2CCCC2)cc1. The summed E-state index contributed by atoms with van der Waals surface area (Å²) in [6.07, 6.45) is 8.50. The molecule has 1 fully saturated rings. The summed E-state index contributed by atoms with van der Waals surface area (Å²) in [4.78, 5) is 24.9. The Labute approximate surface area is 132 Å². The van der Waals surface area contributed by atoms with Crippen LogP contribution in [-0.4, -0.2) is 30.3 Å². The van der Waals surface area contributed by atoms with E-state index in [1.807, 2.05) is 37.4 Å². The molecule has 1 aliphatic carbocycles. The molecule has 2 amide bonds. The zero-order chi connectivity index (χ0) is 15.9. The minimum absolute atomic E-state index is 0.0397. The molecule has 1 aromatic rings. The predicted molar refractivity (Wildman–Crippen MR) is 89.4 cm³/mol. The summed E-state index contributed by atoms with van der Waals surface area (Å²) < 4.78 is 0. The smallest absolute Gasteiger partial charge is 0.246 e. The van der Waals surface area contributed by atoms with Gasteiger partial charge in [0.15, 0.2) is 0 Å². The number of hydrogen-bond acceptors (Lipinski definition) is 2. The molecule has 0 aromatic heterocycles. The highest BCUT2D eigenvalue weighted by Gasteiger charge is 2.18. The molecule has 0 spiro atoms. The van der Waals surface area contributed by atoms with Crippen molar-refractivity contribution in [2.75, 3.05) is 18.9 Å². The lowest BCUT2D eigenvalue weighted by Crippen LogP contribution is -2.29. The van der Waals surface area contributed by atoms with Gasteiger partial charge in [-0.1, -0.05) is 25.0 Å². The van der Waals surface area contributed by atoms with Crippen molar-refractivity contribution in [2.45, 2.75) is 32.6 Å². The molecule has 0 heterocycles. The first-order valence-corrected chi connectivity index (χ1v) is 7.85. The van der Waals surface area contributed by atoms with Crippen molar-refractivity contribution in [3.05, 3.63) is 35.9 Å². The topological polar surface area (TPSA) is 49.4 Å². The fourth-order valence-corrected chi connectivity index (χ4v) is 2.85.